The van der Waals surface area contributed by atoms with E-state index in [1.54, 1.807) is 79.7 Å². The summed E-state index contributed by atoms with van der Waals surface area (Å²) in [6.45, 7) is 13.4. The Hall–Kier alpha value is -2.50. The molecule has 2 fully saturated rings. The highest BCUT2D eigenvalue weighted by atomic mass is 16.6. The van der Waals surface area contributed by atoms with E-state index in [0.717, 1.165) is 0 Å². The molecule has 0 N–H and O–H groups in total. The molecule has 0 saturated carbocycles. The average Bonchev–Trinajstić information content (AvgIpc) is 2.66. The molecule has 162 valence electrons. The SMILES string of the molecule is CC1(C)C(=O)O[C@H](c2ccc([C@H]3OC(=O)C(C)(C)C(=O)C3(C)C)cc2)C(C)(C)C1=O. The summed E-state index contributed by atoms with van der Waals surface area (Å²) in [7, 11) is 0. The molecule has 6 heteroatoms. The number of carbonyl (C=O) groups excluding carboxylic acids is 4. The highest BCUT2D eigenvalue weighted by Crippen LogP contribution is 2.50. The lowest BCUT2D eigenvalue weighted by Crippen LogP contribution is -2.52. The zero-order chi connectivity index (χ0) is 22.9. The molecule has 0 unspecified atom stereocenters. The van der Waals surface area contributed by atoms with Gasteiger partial charge in [0.2, 0.25) is 0 Å². The summed E-state index contributed by atoms with van der Waals surface area (Å²) in [5, 5.41) is 0. The Labute approximate surface area is 177 Å². The van der Waals surface area contributed by atoms with Crippen molar-refractivity contribution in [3.05, 3.63) is 35.4 Å². The van der Waals surface area contributed by atoms with Gasteiger partial charge in [0.15, 0.2) is 11.6 Å². The second-order valence-corrected chi connectivity index (χ2v) is 10.6. The van der Waals surface area contributed by atoms with Gasteiger partial charge in [-0.05, 0) is 66.5 Å². The first-order valence-corrected chi connectivity index (χ1v) is 10.2. The summed E-state index contributed by atoms with van der Waals surface area (Å²) in [6, 6.07) is 7.03. The van der Waals surface area contributed by atoms with E-state index >= 15 is 0 Å². The first-order chi connectivity index (χ1) is 13.6. The van der Waals surface area contributed by atoms with Crippen LogP contribution in [0.3, 0.4) is 0 Å². The molecule has 1 aromatic rings. The van der Waals surface area contributed by atoms with Crippen LogP contribution in [-0.4, -0.2) is 23.5 Å². The van der Waals surface area contributed by atoms with Crippen LogP contribution in [0.15, 0.2) is 24.3 Å². The van der Waals surface area contributed by atoms with E-state index in [-0.39, 0.29) is 11.6 Å². The van der Waals surface area contributed by atoms with Crippen LogP contribution in [0.25, 0.3) is 0 Å². The molecule has 0 spiro atoms. The molecule has 2 heterocycles. The maximum Gasteiger partial charge on any atom is 0.319 e. The minimum absolute atomic E-state index is 0.171. The number of carbonyl (C=O) groups is 4. The van der Waals surface area contributed by atoms with Crippen molar-refractivity contribution in [2.75, 3.05) is 0 Å². The Balaban J connectivity index is 1.94. The zero-order valence-corrected chi connectivity index (χ0v) is 18.9. The molecule has 0 aliphatic carbocycles. The van der Waals surface area contributed by atoms with Crippen molar-refractivity contribution in [1.29, 1.82) is 0 Å². The monoisotopic (exact) mass is 414 g/mol. The number of rotatable bonds is 2. The Morgan fingerprint density at radius 3 is 1.10 bits per heavy atom. The van der Waals surface area contributed by atoms with E-state index in [9.17, 15) is 19.2 Å². The molecule has 2 atom stereocenters. The molecule has 6 nitrogen and oxygen atoms in total. The smallest absolute Gasteiger partial charge is 0.319 e. The van der Waals surface area contributed by atoms with Gasteiger partial charge in [-0.1, -0.05) is 24.3 Å². The van der Waals surface area contributed by atoms with Crippen molar-refractivity contribution in [3.63, 3.8) is 0 Å². The number of hydrogen-bond acceptors (Lipinski definition) is 6. The van der Waals surface area contributed by atoms with Crippen LogP contribution >= 0.6 is 0 Å². The van der Waals surface area contributed by atoms with Crippen LogP contribution in [-0.2, 0) is 28.7 Å². The van der Waals surface area contributed by atoms with E-state index in [2.05, 4.69) is 0 Å². The van der Waals surface area contributed by atoms with Crippen molar-refractivity contribution in [2.45, 2.75) is 67.6 Å². The number of cyclic esters (lactones) is 2. The molecule has 0 amide bonds. The van der Waals surface area contributed by atoms with Crippen molar-refractivity contribution in [2.24, 2.45) is 21.7 Å². The summed E-state index contributed by atoms with van der Waals surface area (Å²) >= 11 is 0. The number of benzene rings is 1. The Bertz CT molecular complexity index is 856. The summed E-state index contributed by atoms with van der Waals surface area (Å²) in [4.78, 5) is 50.6. The molecule has 2 saturated heterocycles. The van der Waals surface area contributed by atoms with E-state index in [0.29, 0.717) is 11.1 Å². The van der Waals surface area contributed by atoms with Gasteiger partial charge < -0.3 is 9.47 Å². The normalized spacial score (nSPS) is 29.2. The standard InChI is InChI=1S/C24H30O6/c1-21(2)15(29-19(27)23(5,6)17(21)25)13-9-11-14(12-10-13)16-22(3,4)18(26)24(7,8)20(28)30-16/h9-12,15-16H,1-8H3/t15-,16-/m1/s1. The van der Waals surface area contributed by atoms with E-state index < -0.39 is 45.8 Å². The van der Waals surface area contributed by atoms with Crippen LogP contribution in [0.5, 0.6) is 0 Å². The number of ether oxygens (including phenoxy) is 2. The van der Waals surface area contributed by atoms with Crippen molar-refractivity contribution in [3.8, 4) is 0 Å². The van der Waals surface area contributed by atoms with Crippen LogP contribution in [0.2, 0.25) is 0 Å². The van der Waals surface area contributed by atoms with Gasteiger partial charge in [0.05, 0.1) is 10.8 Å². The van der Waals surface area contributed by atoms with E-state index in [1.807, 2.05) is 0 Å². The molecule has 1 aromatic carbocycles. The Morgan fingerprint density at radius 1 is 0.567 bits per heavy atom. The zero-order valence-electron chi connectivity index (χ0n) is 18.9. The number of hydrogen-bond donors (Lipinski definition) is 0. The molecule has 0 aromatic heterocycles. The highest BCUT2D eigenvalue weighted by molar-refractivity contribution is 6.08. The lowest BCUT2D eigenvalue weighted by Gasteiger charge is -2.44. The van der Waals surface area contributed by atoms with Gasteiger partial charge in [-0.15, -0.1) is 0 Å². The fraction of sp³-hybridized carbons (Fsp3) is 0.583. The molecular weight excluding hydrogens is 384 g/mol. The molecule has 2 aliphatic rings. The molecular formula is C24H30O6. The topological polar surface area (TPSA) is 86.7 Å². The maximum atomic E-state index is 12.9. The van der Waals surface area contributed by atoms with Crippen molar-refractivity contribution < 1.29 is 28.7 Å². The summed E-state index contributed by atoms with van der Waals surface area (Å²) in [5.74, 6) is -1.43. The van der Waals surface area contributed by atoms with Crippen molar-refractivity contribution in [1.82, 2.24) is 0 Å². The average molecular weight is 414 g/mol. The minimum Gasteiger partial charge on any atom is -0.456 e. The molecule has 0 radical (unpaired) electrons. The lowest BCUT2D eigenvalue weighted by atomic mass is 9.66. The fourth-order valence-corrected chi connectivity index (χ4v) is 4.65. The predicted octanol–water partition coefficient (Wildman–Crippen LogP) is 4.13. The molecule has 0 bridgehead atoms. The van der Waals surface area contributed by atoms with Gasteiger partial charge in [0.1, 0.15) is 23.0 Å². The number of Topliss-reactive ketones (excluding diaryl/α,β-unsaturated/α-hetero) is 2. The van der Waals surface area contributed by atoms with Crippen LogP contribution < -0.4 is 0 Å². The third-order valence-corrected chi connectivity index (χ3v) is 6.63. The maximum absolute atomic E-state index is 12.9. The lowest BCUT2D eigenvalue weighted by molar-refractivity contribution is -0.188. The second-order valence-electron chi connectivity index (χ2n) is 10.6. The van der Waals surface area contributed by atoms with Crippen LogP contribution in [0.1, 0.15) is 78.7 Å². The largest absolute Gasteiger partial charge is 0.456 e. The van der Waals surface area contributed by atoms with Gasteiger partial charge in [-0.3, -0.25) is 19.2 Å². The summed E-state index contributed by atoms with van der Waals surface area (Å²) < 4.78 is 11.3. The van der Waals surface area contributed by atoms with Gasteiger partial charge in [0, 0.05) is 0 Å². The highest BCUT2D eigenvalue weighted by Gasteiger charge is 2.57. The predicted molar refractivity (Wildman–Crippen MR) is 109 cm³/mol. The van der Waals surface area contributed by atoms with Crippen LogP contribution in [0, 0.1) is 21.7 Å². The van der Waals surface area contributed by atoms with E-state index in [1.165, 1.54) is 0 Å². The van der Waals surface area contributed by atoms with E-state index in [4.69, 9.17) is 9.47 Å². The quantitative estimate of drug-likeness (QED) is 0.534. The second kappa shape index (κ2) is 6.50. The van der Waals surface area contributed by atoms with Gasteiger partial charge in [-0.25, -0.2) is 0 Å². The first kappa shape index (κ1) is 22.2. The summed E-state index contributed by atoms with van der Waals surface area (Å²) in [5.41, 5.74) is -2.81. The summed E-state index contributed by atoms with van der Waals surface area (Å²) in [6.07, 6.45) is -1.44. The molecule has 3 rings (SSSR count). The third-order valence-electron chi connectivity index (χ3n) is 6.63. The van der Waals surface area contributed by atoms with Gasteiger partial charge >= 0.3 is 11.9 Å². The van der Waals surface area contributed by atoms with Crippen LogP contribution in [0.4, 0.5) is 0 Å². The van der Waals surface area contributed by atoms with Gasteiger partial charge in [-0.2, -0.15) is 0 Å². The van der Waals surface area contributed by atoms with Gasteiger partial charge in [0.25, 0.3) is 0 Å². The number of esters is 2. The Morgan fingerprint density at radius 2 is 0.833 bits per heavy atom. The first-order valence-electron chi connectivity index (χ1n) is 10.2. The third kappa shape index (κ3) is 2.99. The Kier molecular flexibility index (Phi) is 4.81. The minimum atomic E-state index is -1.19. The molecule has 30 heavy (non-hydrogen) atoms. The fourth-order valence-electron chi connectivity index (χ4n) is 4.65. The number of ketones is 2. The van der Waals surface area contributed by atoms with Crippen molar-refractivity contribution >= 4 is 23.5 Å². The molecule has 2 aliphatic heterocycles.